The van der Waals surface area contributed by atoms with Crippen molar-refractivity contribution in [3.05, 3.63) is 66.0 Å². The highest BCUT2D eigenvalue weighted by molar-refractivity contribution is 7.66. The molecule has 0 radical (unpaired) electrons. The number of rotatable bonds is 6. The van der Waals surface area contributed by atoms with E-state index in [1.54, 1.807) is 12.1 Å². The molecule has 1 aliphatic heterocycles. The molecule has 3 aromatic rings. The Labute approximate surface area is 224 Å². The number of hydrogen-bond donors (Lipinski definition) is 2. The summed E-state index contributed by atoms with van der Waals surface area (Å²) >= 11 is 0. The van der Waals surface area contributed by atoms with Crippen molar-refractivity contribution in [2.24, 2.45) is 10.9 Å². The van der Waals surface area contributed by atoms with Crippen LogP contribution in [0.2, 0.25) is 0 Å². The van der Waals surface area contributed by atoms with Gasteiger partial charge in [0.2, 0.25) is 13.2 Å². The van der Waals surface area contributed by atoms with Crippen LogP contribution >= 0.6 is 7.37 Å². The molecule has 3 N–H and O–H groups in total. The monoisotopic (exact) mass is 533 g/mol. The minimum atomic E-state index is -3.38. The lowest BCUT2D eigenvalue weighted by Crippen LogP contribution is -2.41. The van der Waals surface area contributed by atoms with Gasteiger partial charge in [0.15, 0.2) is 11.5 Å². The van der Waals surface area contributed by atoms with Crippen molar-refractivity contribution in [1.82, 2.24) is 9.97 Å². The van der Waals surface area contributed by atoms with Crippen LogP contribution in [0.5, 0.6) is 5.88 Å². The largest absolute Gasteiger partial charge is 0.463 e. The van der Waals surface area contributed by atoms with E-state index in [1.165, 1.54) is 11.9 Å². The van der Waals surface area contributed by atoms with Crippen LogP contribution in [0, 0.1) is 5.92 Å². The Morgan fingerprint density at radius 3 is 2.32 bits per heavy atom. The van der Waals surface area contributed by atoms with E-state index in [-0.39, 0.29) is 5.92 Å². The van der Waals surface area contributed by atoms with Gasteiger partial charge in [0.1, 0.15) is 11.9 Å². The lowest BCUT2D eigenvalue weighted by Gasteiger charge is -2.32. The molecule has 1 aromatic heterocycles. The second-order valence-electron chi connectivity index (χ2n) is 11.1. The summed E-state index contributed by atoms with van der Waals surface area (Å²) in [4.78, 5) is 25.8. The zero-order valence-corrected chi connectivity index (χ0v) is 23.4. The molecule has 1 unspecified atom stereocenters. The summed E-state index contributed by atoms with van der Waals surface area (Å²) in [6, 6.07) is 15.9. The van der Waals surface area contributed by atoms with E-state index in [2.05, 4.69) is 34.2 Å². The number of aliphatic imine (C=N–C) groups is 1. The van der Waals surface area contributed by atoms with Crippen LogP contribution in [0.4, 0.5) is 17.2 Å². The summed E-state index contributed by atoms with van der Waals surface area (Å²) in [5, 5.41) is 0.550. The minimum absolute atomic E-state index is 0.261. The Bertz CT molecular complexity index is 1380. The predicted molar refractivity (Wildman–Crippen MR) is 154 cm³/mol. The zero-order valence-electron chi connectivity index (χ0n) is 22.5. The van der Waals surface area contributed by atoms with Gasteiger partial charge >= 0.3 is 0 Å². The lowest BCUT2D eigenvalue weighted by atomic mass is 9.79. The highest BCUT2D eigenvalue weighted by atomic mass is 31.2. The van der Waals surface area contributed by atoms with Gasteiger partial charge in [0.05, 0.1) is 5.71 Å². The van der Waals surface area contributed by atoms with Crippen molar-refractivity contribution in [3.8, 4) is 5.88 Å². The Morgan fingerprint density at radius 1 is 1.03 bits per heavy atom. The molecule has 2 aromatic carbocycles. The molecule has 9 heteroatoms. The molecule has 1 atom stereocenters. The Morgan fingerprint density at radius 2 is 1.68 bits per heavy atom. The standard InChI is InChI=1S/C29H36N5O3P/c1-29(2)26(33-25-27(30)31-18-32-28(25)37-29)22-11-9-21(10-12-22)20-7-5-19(6-8-20)17-38(35,36)24-15-13-23(14-16-24)34(3)4/h9-16,18-20H,5-8,17H2,1-4H3,(H,35,36)(H2,30,31,32)/t19-,20-. The van der Waals surface area contributed by atoms with Crippen molar-refractivity contribution >= 4 is 35.6 Å². The molecule has 2 aliphatic rings. The first-order chi connectivity index (χ1) is 18.0. The van der Waals surface area contributed by atoms with Gasteiger partial charge in [0, 0.05) is 36.8 Å². The van der Waals surface area contributed by atoms with Crippen LogP contribution < -0.4 is 20.7 Å². The van der Waals surface area contributed by atoms with Crippen LogP contribution in [0.3, 0.4) is 0 Å². The maximum absolute atomic E-state index is 13.2. The lowest BCUT2D eigenvalue weighted by molar-refractivity contribution is 0.171. The normalized spacial score (nSPS) is 22.0. The van der Waals surface area contributed by atoms with E-state index >= 15 is 0 Å². The van der Waals surface area contributed by atoms with E-state index in [0.29, 0.717) is 34.8 Å². The van der Waals surface area contributed by atoms with Gasteiger partial charge in [-0.2, -0.15) is 4.98 Å². The van der Waals surface area contributed by atoms with Gasteiger partial charge in [-0.15, -0.1) is 0 Å². The summed E-state index contributed by atoms with van der Waals surface area (Å²) < 4.78 is 19.3. The molecule has 38 heavy (non-hydrogen) atoms. The van der Waals surface area contributed by atoms with E-state index < -0.39 is 13.0 Å². The second kappa shape index (κ2) is 10.2. The molecular formula is C29H36N5O3P. The van der Waals surface area contributed by atoms with E-state index in [1.807, 2.05) is 45.0 Å². The number of nitrogens with zero attached hydrogens (tertiary/aromatic N) is 4. The van der Waals surface area contributed by atoms with Crippen molar-refractivity contribution in [2.45, 2.75) is 51.0 Å². The Kier molecular flexibility index (Phi) is 7.05. The Hall–Kier alpha value is -3.22. The van der Waals surface area contributed by atoms with Crippen LogP contribution in [0.15, 0.2) is 59.9 Å². The molecule has 5 rings (SSSR count). The maximum atomic E-state index is 13.2. The van der Waals surface area contributed by atoms with Crippen molar-refractivity contribution in [3.63, 3.8) is 0 Å². The summed E-state index contributed by atoms with van der Waals surface area (Å²) in [7, 11) is 0.546. The quantitative estimate of drug-likeness (QED) is 0.414. The van der Waals surface area contributed by atoms with Crippen molar-refractivity contribution in [2.75, 3.05) is 30.9 Å². The summed E-state index contributed by atoms with van der Waals surface area (Å²) in [6.45, 7) is 3.94. The minimum Gasteiger partial charge on any atom is -0.463 e. The average Bonchev–Trinajstić information content (AvgIpc) is 2.88. The van der Waals surface area contributed by atoms with Crippen LogP contribution in [-0.4, -0.2) is 46.4 Å². The molecule has 2 heterocycles. The second-order valence-corrected chi connectivity index (χ2v) is 13.4. The number of fused-ring (bicyclic) bond motifs is 1. The number of nitrogen functional groups attached to an aromatic ring is 1. The van der Waals surface area contributed by atoms with Crippen LogP contribution in [0.1, 0.15) is 56.6 Å². The summed E-state index contributed by atoms with van der Waals surface area (Å²) in [5.74, 6) is 1.41. The number of ether oxygens (including phenoxy) is 1. The van der Waals surface area contributed by atoms with E-state index in [4.69, 9.17) is 15.5 Å². The van der Waals surface area contributed by atoms with Gasteiger partial charge in [-0.05, 0) is 81.2 Å². The molecule has 0 spiro atoms. The first-order valence-electron chi connectivity index (χ1n) is 13.1. The third kappa shape index (κ3) is 5.33. The first kappa shape index (κ1) is 26.4. The van der Waals surface area contributed by atoms with Crippen LogP contribution in [0.25, 0.3) is 0 Å². The average molecular weight is 534 g/mol. The smallest absolute Gasteiger partial charge is 0.246 e. The number of benzene rings is 2. The molecule has 1 saturated carbocycles. The van der Waals surface area contributed by atoms with Crippen LogP contribution in [-0.2, 0) is 4.57 Å². The number of aromatic nitrogens is 2. The fraction of sp³-hybridized carbons (Fsp3) is 0.414. The number of hydrogen-bond acceptors (Lipinski definition) is 7. The highest BCUT2D eigenvalue weighted by Crippen LogP contribution is 2.47. The number of anilines is 2. The SMILES string of the molecule is CN(C)c1ccc(P(=O)(O)C[C@H]2CC[C@H](c3ccc(C4=Nc5c(N)ncnc5OC4(C)C)cc3)CC2)cc1. The molecule has 0 amide bonds. The van der Waals surface area contributed by atoms with Gasteiger partial charge in [-0.3, -0.25) is 4.57 Å². The summed E-state index contributed by atoms with van der Waals surface area (Å²) in [5.41, 5.74) is 9.91. The molecule has 0 bridgehead atoms. The van der Waals surface area contributed by atoms with Crippen molar-refractivity contribution < 1.29 is 14.2 Å². The molecule has 200 valence electrons. The molecule has 8 nitrogen and oxygen atoms in total. The molecule has 1 aliphatic carbocycles. The predicted octanol–water partition coefficient (Wildman–Crippen LogP) is 5.29. The Balaban J connectivity index is 1.23. The fourth-order valence-corrected chi connectivity index (χ4v) is 7.43. The molecule has 0 saturated heterocycles. The fourth-order valence-electron chi connectivity index (χ4n) is 5.53. The zero-order chi connectivity index (χ0) is 27.1. The number of nitrogens with two attached hydrogens (primary N) is 1. The third-order valence-corrected chi connectivity index (χ3v) is 9.86. The topological polar surface area (TPSA) is 114 Å². The van der Waals surface area contributed by atoms with E-state index in [9.17, 15) is 9.46 Å². The van der Waals surface area contributed by atoms with Gasteiger partial charge < -0.3 is 20.3 Å². The first-order valence-corrected chi connectivity index (χ1v) is 15.0. The van der Waals surface area contributed by atoms with Gasteiger partial charge in [-0.1, -0.05) is 24.3 Å². The van der Waals surface area contributed by atoms with Gasteiger partial charge in [-0.25, -0.2) is 9.98 Å². The third-order valence-electron chi connectivity index (χ3n) is 7.74. The molecular weight excluding hydrogens is 497 g/mol. The van der Waals surface area contributed by atoms with Gasteiger partial charge in [0.25, 0.3) is 0 Å². The highest BCUT2D eigenvalue weighted by Gasteiger charge is 2.35. The van der Waals surface area contributed by atoms with E-state index in [0.717, 1.165) is 42.6 Å². The molecule has 1 fully saturated rings. The summed E-state index contributed by atoms with van der Waals surface area (Å²) in [6.07, 6.45) is 5.67. The maximum Gasteiger partial charge on any atom is 0.246 e. The van der Waals surface area contributed by atoms with Crippen molar-refractivity contribution in [1.29, 1.82) is 0 Å².